The van der Waals surface area contributed by atoms with Crippen molar-refractivity contribution in [1.29, 1.82) is 0 Å². The van der Waals surface area contributed by atoms with Gasteiger partial charge in [-0.1, -0.05) is 99.8 Å². The fourth-order valence-electron chi connectivity index (χ4n) is 6.61. The van der Waals surface area contributed by atoms with Gasteiger partial charge >= 0.3 is 5.97 Å². The molecule has 0 aliphatic carbocycles. The molecular weight excluding hydrogens is 765 g/mol. The smallest absolute Gasteiger partial charge is 0.314 e. The van der Waals surface area contributed by atoms with Gasteiger partial charge in [0.05, 0.1) is 54.5 Å². The normalized spacial score (nSPS) is 18.7. The van der Waals surface area contributed by atoms with Gasteiger partial charge in [-0.2, -0.15) is 4.68 Å². The van der Waals surface area contributed by atoms with Crippen LogP contribution in [0.25, 0.3) is 5.69 Å². The van der Waals surface area contributed by atoms with Gasteiger partial charge in [-0.15, -0.1) is 0 Å². The number of nitrogens with zero attached hydrogens (tertiary/aromatic N) is 4. The highest BCUT2D eigenvalue weighted by Crippen LogP contribution is 2.36. The van der Waals surface area contributed by atoms with Gasteiger partial charge in [0.1, 0.15) is 6.79 Å². The van der Waals surface area contributed by atoms with Crippen molar-refractivity contribution in [3.05, 3.63) is 66.2 Å². The number of ether oxygens (including phenoxy) is 5. The van der Waals surface area contributed by atoms with Crippen molar-refractivity contribution in [3.63, 3.8) is 0 Å². The molecule has 0 bridgehead atoms. The van der Waals surface area contributed by atoms with E-state index in [2.05, 4.69) is 54.8 Å². The van der Waals surface area contributed by atoms with Crippen molar-refractivity contribution in [2.24, 2.45) is 11.3 Å². The minimum atomic E-state index is -3.95. The lowest BCUT2D eigenvalue weighted by Crippen LogP contribution is -2.45. The number of rotatable bonds is 23. The number of esters is 1. The van der Waals surface area contributed by atoms with Crippen molar-refractivity contribution in [3.8, 4) is 5.69 Å². The highest BCUT2D eigenvalue weighted by atomic mass is 32.2. The molecule has 2 aromatic carbocycles. The summed E-state index contributed by atoms with van der Waals surface area (Å²) in [5.74, 6) is -0.934. The molecule has 5 atom stereocenters. The maximum Gasteiger partial charge on any atom is 0.314 e. The largest absolute Gasteiger partial charge is 0.466 e. The first-order valence-electron chi connectivity index (χ1n) is 20.1. The molecule has 0 unspecified atom stereocenters. The maximum atomic E-state index is 14.0. The Morgan fingerprint density at radius 3 is 2.23 bits per heavy atom. The molecule has 0 radical (unpaired) electrons. The third kappa shape index (κ3) is 14.9. The van der Waals surface area contributed by atoms with Crippen molar-refractivity contribution >= 4 is 32.0 Å². The number of benzene rings is 2. The molecule has 312 valence electrons. The van der Waals surface area contributed by atoms with E-state index in [0.717, 1.165) is 36.9 Å². The van der Waals surface area contributed by atoms with Crippen molar-refractivity contribution < 1.29 is 36.9 Å². The third-order valence-electron chi connectivity index (χ3n) is 10.3. The number of aromatic nitrogens is 4. The molecule has 12 nitrogen and oxygen atoms in total. The molecule has 1 fully saturated rings. The van der Waals surface area contributed by atoms with E-state index in [1.165, 1.54) is 4.68 Å². The van der Waals surface area contributed by atoms with Gasteiger partial charge in [0.15, 0.2) is 0 Å². The van der Waals surface area contributed by atoms with Crippen LogP contribution >= 0.6 is 0 Å². The molecule has 1 saturated heterocycles. The summed E-state index contributed by atoms with van der Waals surface area (Å²) in [7, 11) is -6.61. The van der Waals surface area contributed by atoms with E-state index in [1.807, 2.05) is 57.2 Å². The maximum absolute atomic E-state index is 14.0. The number of hydrogen-bond acceptors (Lipinski definition) is 11. The molecule has 0 N–H and O–H groups in total. The summed E-state index contributed by atoms with van der Waals surface area (Å²) in [6.45, 7) is 20.9. The van der Waals surface area contributed by atoms with Crippen LogP contribution in [0.1, 0.15) is 58.4 Å². The predicted octanol–water partition coefficient (Wildman–Crippen LogP) is 7.98. The van der Waals surface area contributed by atoms with Crippen LogP contribution < -0.4 is 0 Å². The quantitative estimate of drug-likeness (QED) is 0.0398. The fourth-order valence-corrected chi connectivity index (χ4v) is 9.70. The highest BCUT2D eigenvalue weighted by Gasteiger charge is 2.43. The SMILES string of the molecule is C[C@@H](CS(=O)(=O)c1nnnn1-c1ccccc1)[C@@H](C[C@H](C[C@@H]1CCC[C@H](C(C)(C)C(=O)OCC[Si](C)(C)C)O1)OCOCC[Si](C)(C)C)OCc1ccccc1. The Bertz CT molecular complexity index is 1730. The van der Waals surface area contributed by atoms with Crippen LogP contribution in [0.2, 0.25) is 51.4 Å². The molecule has 0 amide bonds. The Balaban J connectivity index is 1.53. The highest BCUT2D eigenvalue weighted by molar-refractivity contribution is 7.91. The monoisotopic (exact) mass is 830 g/mol. The molecule has 56 heavy (non-hydrogen) atoms. The molecule has 2 heterocycles. The topological polar surface area (TPSA) is 141 Å². The van der Waals surface area contributed by atoms with Gasteiger partial charge in [-0.25, -0.2) is 8.42 Å². The second-order valence-electron chi connectivity index (χ2n) is 18.2. The van der Waals surface area contributed by atoms with E-state index in [9.17, 15) is 13.2 Å². The van der Waals surface area contributed by atoms with Gasteiger partial charge in [0, 0.05) is 29.2 Å². The molecule has 1 aliphatic rings. The standard InChI is InChI=1S/C41H66N4O8SSi2/c1-32(30-54(47,48)40-42-43-44-45(40)34-19-14-11-15-20-34)37(51-29-33-17-12-10-13-18-33)28-36(52-31-49-23-25-55(4,5)6)27-35-21-16-22-38(53-35)41(2,3)39(46)50-24-26-56(7,8)9/h10-15,17-20,32,35-38H,16,21-31H2,1-9H3/t32-,35-,36-,37+,38+/m0/s1. The molecule has 3 aromatic rings. The summed E-state index contributed by atoms with van der Waals surface area (Å²) in [5.41, 5.74) is 0.718. The minimum Gasteiger partial charge on any atom is -0.466 e. The fraction of sp³-hybridized carbons (Fsp3) is 0.659. The lowest BCUT2D eigenvalue weighted by atomic mass is 9.81. The van der Waals surface area contributed by atoms with Gasteiger partial charge in [0.25, 0.3) is 5.16 Å². The second kappa shape index (κ2) is 20.8. The molecular formula is C41H66N4O8SSi2. The van der Waals surface area contributed by atoms with E-state index >= 15 is 0 Å². The first-order chi connectivity index (χ1) is 26.3. The van der Waals surface area contributed by atoms with Crippen LogP contribution in [0.3, 0.4) is 0 Å². The van der Waals surface area contributed by atoms with Crippen LogP contribution in [0.4, 0.5) is 0 Å². The Labute approximate surface area is 337 Å². The molecule has 1 aromatic heterocycles. The van der Waals surface area contributed by atoms with E-state index in [-0.39, 0.29) is 42.0 Å². The molecule has 0 spiro atoms. The number of carbonyl (C=O) groups is 1. The molecule has 1 aliphatic heterocycles. The molecule has 15 heteroatoms. The minimum absolute atomic E-state index is 0.101. The van der Waals surface area contributed by atoms with Gasteiger partial charge in [-0.3, -0.25) is 4.79 Å². The Morgan fingerprint density at radius 2 is 1.57 bits per heavy atom. The van der Waals surface area contributed by atoms with E-state index < -0.39 is 43.4 Å². The van der Waals surface area contributed by atoms with Crippen LogP contribution in [-0.4, -0.2) is 101 Å². The average Bonchev–Trinajstić information content (AvgIpc) is 3.64. The van der Waals surface area contributed by atoms with Crippen molar-refractivity contribution in [2.45, 2.75) is 140 Å². The Kier molecular flexibility index (Phi) is 17.0. The lowest BCUT2D eigenvalue weighted by molar-refractivity contribution is -0.176. The van der Waals surface area contributed by atoms with Gasteiger partial charge < -0.3 is 23.7 Å². The first kappa shape index (κ1) is 45.9. The van der Waals surface area contributed by atoms with E-state index in [0.29, 0.717) is 38.3 Å². The van der Waals surface area contributed by atoms with Crippen LogP contribution in [0.5, 0.6) is 0 Å². The van der Waals surface area contributed by atoms with Crippen molar-refractivity contribution in [1.82, 2.24) is 20.2 Å². The number of hydrogen-bond donors (Lipinski definition) is 0. The number of para-hydroxylation sites is 1. The zero-order valence-corrected chi connectivity index (χ0v) is 37.9. The summed E-state index contributed by atoms with van der Waals surface area (Å²) >= 11 is 0. The molecule has 0 saturated carbocycles. The summed E-state index contributed by atoms with van der Waals surface area (Å²) in [6, 6.07) is 20.7. The van der Waals surface area contributed by atoms with Crippen molar-refractivity contribution in [2.75, 3.05) is 25.8 Å². The van der Waals surface area contributed by atoms with Gasteiger partial charge in [-0.05, 0) is 85.7 Å². The van der Waals surface area contributed by atoms with E-state index in [1.54, 1.807) is 24.3 Å². The number of tetrazole rings is 1. The summed E-state index contributed by atoms with van der Waals surface area (Å²) in [4.78, 5) is 13.4. The second-order valence-corrected chi connectivity index (χ2v) is 31.4. The zero-order chi connectivity index (χ0) is 41.0. The van der Waals surface area contributed by atoms with Gasteiger partial charge in [0.2, 0.25) is 9.84 Å². The summed E-state index contributed by atoms with van der Waals surface area (Å²) in [5, 5.41) is 11.4. The first-order valence-corrected chi connectivity index (χ1v) is 29.1. The predicted molar refractivity (Wildman–Crippen MR) is 224 cm³/mol. The van der Waals surface area contributed by atoms with Crippen LogP contribution in [-0.2, 0) is 44.9 Å². The Hall–Kier alpha value is -2.80. The summed E-state index contributed by atoms with van der Waals surface area (Å²) in [6.07, 6.45) is 2.03. The number of sulfone groups is 1. The Morgan fingerprint density at radius 1 is 0.929 bits per heavy atom. The summed E-state index contributed by atoms with van der Waals surface area (Å²) < 4.78 is 60.8. The van der Waals surface area contributed by atoms with Crippen LogP contribution in [0, 0.1) is 11.3 Å². The zero-order valence-electron chi connectivity index (χ0n) is 35.1. The average molecular weight is 831 g/mol. The van der Waals surface area contributed by atoms with Crippen LogP contribution in [0.15, 0.2) is 65.8 Å². The number of carbonyl (C=O) groups excluding carboxylic acids is 1. The van der Waals surface area contributed by atoms with E-state index in [4.69, 9.17) is 23.7 Å². The third-order valence-corrected chi connectivity index (χ3v) is 15.5. The molecule has 4 rings (SSSR count). The lowest BCUT2D eigenvalue weighted by Gasteiger charge is -2.40.